The number of guanidine groups is 1. The van der Waals surface area contributed by atoms with Crippen molar-refractivity contribution in [2.45, 2.75) is 39.3 Å². The molecule has 1 saturated heterocycles. The second-order valence-corrected chi connectivity index (χ2v) is 7.08. The van der Waals surface area contributed by atoms with E-state index in [1.807, 2.05) is 0 Å². The Kier molecular flexibility index (Phi) is 9.27. The first-order valence-electron chi connectivity index (χ1n) is 9.80. The van der Waals surface area contributed by atoms with Gasteiger partial charge < -0.3 is 25.0 Å². The highest BCUT2D eigenvalue weighted by atomic mass is 19.3. The largest absolute Gasteiger partial charge is 0.497 e. The third-order valence-corrected chi connectivity index (χ3v) is 4.97. The van der Waals surface area contributed by atoms with Gasteiger partial charge in [0.2, 0.25) is 0 Å². The van der Waals surface area contributed by atoms with Crippen LogP contribution in [0.25, 0.3) is 0 Å². The Morgan fingerprint density at radius 1 is 1.29 bits per heavy atom. The summed E-state index contributed by atoms with van der Waals surface area (Å²) in [4.78, 5) is 6.69. The average Bonchev–Trinajstić information content (AvgIpc) is 2.69. The summed E-state index contributed by atoms with van der Waals surface area (Å²) in [5.74, 6) is 2.17. The van der Waals surface area contributed by atoms with Crippen molar-refractivity contribution >= 4 is 5.96 Å². The van der Waals surface area contributed by atoms with Gasteiger partial charge in [-0.3, -0.25) is 4.99 Å². The van der Waals surface area contributed by atoms with E-state index in [1.54, 1.807) is 19.2 Å². The Hall–Kier alpha value is -2.09. The lowest BCUT2D eigenvalue weighted by atomic mass is 9.99. The Labute approximate surface area is 166 Å². The molecule has 0 aromatic heterocycles. The monoisotopic (exact) mass is 398 g/mol. The van der Waals surface area contributed by atoms with Gasteiger partial charge >= 0.3 is 6.61 Å². The summed E-state index contributed by atoms with van der Waals surface area (Å²) in [6, 6.07) is 4.75. The van der Waals surface area contributed by atoms with Crippen LogP contribution in [0.15, 0.2) is 23.2 Å². The molecule has 1 aromatic carbocycles. The number of hydrogen-bond acceptors (Lipinski definition) is 4. The molecule has 0 spiro atoms. The SMILES string of the molecule is CN=C(NCCCN1CCC(C)CC1)NCc1cc(OC)ccc1OC(F)F. The second kappa shape index (κ2) is 11.7. The maximum absolute atomic E-state index is 12.6. The van der Waals surface area contributed by atoms with E-state index in [1.165, 1.54) is 39.1 Å². The van der Waals surface area contributed by atoms with Crippen LogP contribution in [-0.2, 0) is 6.54 Å². The molecule has 0 bridgehead atoms. The first kappa shape index (κ1) is 22.2. The van der Waals surface area contributed by atoms with Crippen molar-refractivity contribution in [3.05, 3.63) is 23.8 Å². The van der Waals surface area contributed by atoms with Crippen molar-refractivity contribution in [2.75, 3.05) is 40.3 Å². The smallest absolute Gasteiger partial charge is 0.387 e. The van der Waals surface area contributed by atoms with Gasteiger partial charge in [-0.1, -0.05) is 6.92 Å². The molecular formula is C20H32F2N4O2. The predicted octanol–water partition coefficient (Wildman–Crippen LogP) is 3.08. The number of aliphatic imine (C=N–C) groups is 1. The Morgan fingerprint density at radius 3 is 2.68 bits per heavy atom. The number of ether oxygens (including phenoxy) is 2. The first-order valence-corrected chi connectivity index (χ1v) is 9.80. The normalized spacial score (nSPS) is 16.3. The van der Waals surface area contributed by atoms with E-state index in [4.69, 9.17) is 4.74 Å². The second-order valence-electron chi connectivity index (χ2n) is 7.08. The number of alkyl halides is 2. The van der Waals surface area contributed by atoms with Crippen molar-refractivity contribution < 1.29 is 18.3 Å². The van der Waals surface area contributed by atoms with Crippen LogP contribution in [0.2, 0.25) is 0 Å². The molecule has 0 atom stereocenters. The molecule has 1 aliphatic rings. The number of piperidine rings is 1. The highest BCUT2D eigenvalue weighted by Crippen LogP contribution is 2.25. The maximum atomic E-state index is 12.6. The third kappa shape index (κ3) is 7.50. The van der Waals surface area contributed by atoms with Gasteiger partial charge in [0.05, 0.1) is 7.11 Å². The van der Waals surface area contributed by atoms with E-state index < -0.39 is 6.61 Å². The molecule has 8 heteroatoms. The zero-order valence-corrected chi connectivity index (χ0v) is 17.0. The minimum absolute atomic E-state index is 0.123. The fraction of sp³-hybridized carbons (Fsp3) is 0.650. The molecule has 0 aliphatic carbocycles. The number of nitrogens with zero attached hydrogens (tertiary/aromatic N) is 2. The van der Waals surface area contributed by atoms with Crippen LogP contribution in [0, 0.1) is 5.92 Å². The van der Waals surface area contributed by atoms with E-state index in [2.05, 4.69) is 32.2 Å². The van der Waals surface area contributed by atoms with Crippen molar-refractivity contribution in [3.8, 4) is 11.5 Å². The summed E-state index contributed by atoms with van der Waals surface area (Å²) in [5, 5.41) is 6.41. The summed E-state index contributed by atoms with van der Waals surface area (Å²) in [7, 11) is 3.22. The van der Waals surface area contributed by atoms with Crippen LogP contribution >= 0.6 is 0 Å². The molecule has 158 valence electrons. The van der Waals surface area contributed by atoms with Crippen molar-refractivity contribution in [1.29, 1.82) is 0 Å². The van der Waals surface area contributed by atoms with Gasteiger partial charge in [-0.15, -0.1) is 0 Å². The lowest BCUT2D eigenvalue weighted by molar-refractivity contribution is -0.0504. The van der Waals surface area contributed by atoms with Gasteiger partial charge in [-0.25, -0.2) is 0 Å². The molecular weight excluding hydrogens is 366 g/mol. The Balaban J connectivity index is 1.78. The molecule has 0 radical (unpaired) electrons. The highest BCUT2D eigenvalue weighted by molar-refractivity contribution is 5.79. The first-order chi connectivity index (χ1) is 13.5. The van der Waals surface area contributed by atoms with Crippen LogP contribution < -0.4 is 20.1 Å². The molecule has 6 nitrogen and oxygen atoms in total. The number of rotatable bonds is 9. The molecule has 0 unspecified atom stereocenters. The molecule has 1 aliphatic heterocycles. The minimum Gasteiger partial charge on any atom is -0.497 e. The van der Waals surface area contributed by atoms with Crippen LogP contribution in [0.5, 0.6) is 11.5 Å². The fourth-order valence-corrected chi connectivity index (χ4v) is 3.23. The number of nitrogens with one attached hydrogen (secondary N) is 2. The number of likely N-dealkylation sites (tertiary alicyclic amines) is 1. The van der Waals surface area contributed by atoms with Crippen molar-refractivity contribution in [1.82, 2.24) is 15.5 Å². The summed E-state index contributed by atoms with van der Waals surface area (Å²) in [6.45, 7) is 3.96. The Morgan fingerprint density at radius 2 is 2.04 bits per heavy atom. The molecule has 0 saturated carbocycles. The number of methoxy groups -OCH3 is 1. The van der Waals surface area contributed by atoms with E-state index in [0.717, 1.165) is 25.4 Å². The van der Waals surface area contributed by atoms with E-state index in [-0.39, 0.29) is 5.75 Å². The van der Waals surface area contributed by atoms with Crippen LogP contribution in [0.1, 0.15) is 31.7 Å². The highest BCUT2D eigenvalue weighted by Gasteiger charge is 2.15. The molecule has 0 amide bonds. The molecule has 1 heterocycles. The van der Waals surface area contributed by atoms with Gasteiger partial charge in [0, 0.05) is 25.7 Å². The van der Waals surface area contributed by atoms with Crippen molar-refractivity contribution in [2.24, 2.45) is 10.9 Å². The topological polar surface area (TPSA) is 58.1 Å². The Bertz CT molecular complexity index is 620. The summed E-state index contributed by atoms with van der Waals surface area (Å²) in [5.41, 5.74) is 0.574. The molecule has 28 heavy (non-hydrogen) atoms. The van der Waals surface area contributed by atoms with Gasteiger partial charge in [0.15, 0.2) is 5.96 Å². The standard InChI is InChI=1S/C20H32F2N4O2/c1-15-7-11-26(12-8-15)10-4-9-24-20(23-2)25-14-16-13-17(27-3)5-6-18(16)28-19(21)22/h5-6,13,15,19H,4,7-12,14H2,1-3H3,(H2,23,24,25). The van der Waals surface area contributed by atoms with Gasteiger partial charge in [0.1, 0.15) is 11.5 Å². The van der Waals surface area contributed by atoms with Crippen LogP contribution in [0.3, 0.4) is 0 Å². The lowest BCUT2D eigenvalue weighted by Crippen LogP contribution is -2.39. The number of halogens is 2. The van der Waals surface area contributed by atoms with Crippen molar-refractivity contribution in [3.63, 3.8) is 0 Å². The molecule has 1 aromatic rings. The molecule has 2 N–H and O–H groups in total. The summed E-state index contributed by atoms with van der Waals surface area (Å²) in [6.07, 6.45) is 3.58. The molecule has 1 fully saturated rings. The quantitative estimate of drug-likeness (QED) is 0.380. The van der Waals surface area contributed by atoms with E-state index in [9.17, 15) is 8.78 Å². The average molecular weight is 398 g/mol. The molecule has 2 rings (SSSR count). The third-order valence-electron chi connectivity index (χ3n) is 4.97. The number of benzene rings is 1. The maximum Gasteiger partial charge on any atom is 0.387 e. The fourth-order valence-electron chi connectivity index (χ4n) is 3.23. The predicted molar refractivity (Wildman–Crippen MR) is 107 cm³/mol. The van der Waals surface area contributed by atoms with E-state index in [0.29, 0.717) is 23.8 Å². The summed E-state index contributed by atoms with van der Waals surface area (Å²) >= 11 is 0. The zero-order valence-electron chi connectivity index (χ0n) is 17.0. The number of hydrogen-bond donors (Lipinski definition) is 2. The van der Waals surface area contributed by atoms with Crippen LogP contribution in [0.4, 0.5) is 8.78 Å². The lowest BCUT2D eigenvalue weighted by Gasteiger charge is -2.30. The van der Waals surface area contributed by atoms with Gasteiger partial charge in [0.25, 0.3) is 0 Å². The summed E-state index contributed by atoms with van der Waals surface area (Å²) < 4.78 is 35.0. The minimum atomic E-state index is -2.87. The van der Waals surface area contributed by atoms with E-state index >= 15 is 0 Å². The van der Waals surface area contributed by atoms with Gasteiger partial charge in [-0.2, -0.15) is 8.78 Å². The zero-order chi connectivity index (χ0) is 20.4. The van der Waals surface area contributed by atoms with Crippen LogP contribution in [-0.4, -0.2) is 57.8 Å². The van der Waals surface area contributed by atoms with Gasteiger partial charge in [-0.05, 0) is 63.0 Å².